The van der Waals surface area contributed by atoms with Crippen LogP contribution in [0.3, 0.4) is 0 Å². The average molecular weight is 305 g/mol. The van der Waals surface area contributed by atoms with E-state index >= 15 is 0 Å². The standard InChI is InChI=1S/C21H23NO/c1-22-19-10-11-20(22)13-18(12-19)17-8-5-9-21(14-17)23-15-16-6-3-2-4-7-16/h2-9,12,14,19-20H,10-11,13,15H2,1H3. The van der Waals surface area contributed by atoms with E-state index in [4.69, 9.17) is 4.74 Å². The van der Waals surface area contributed by atoms with Crippen LogP contribution >= 0.6 is 0 Å². The van der Waals surface area contributed by atoms with Crippen LogP contribution in [0, 0.1) is 0 Å². The van der Waals surface area contributed by atoms with Crippen LogP contribution < -0.4 is 4.74 Å². The lowest BCUT2D eigenvalue weighted by molar-refractivity contribution is 0.264. The lowest BCUT2D eigenvalue weighted by Crippen LogP contribution is -2.34. The molecule has 2 aromatic rings. The number of fused-ring (bicyclic) bond motifs is 2. The molecular formula is C21H23NO. The molecule has 0 aromatic heterocycles. The zero-order valence-corrected chi connectivity index (χ0v) is 13.6. The highest BCUT2D eigenvalue weighted by atomic mass is 16.5. The van der Waals surface area contributed by atoms with E-state index in [9.17, 15) is 0 Å². The second-order valence-electron chi connectivity index (χ2n) is 6.66. The van der Waals surface area contributed by atoms with Crippen LogP contribution in [0.1, 0.15) is 30.4 Å². The third kappa shape index (κ3) is 3.04. The Labute approximate surface area is 138 Å². The van der Waals surface area contributed by atoms with E-state index in [1.807, 2.05) is 18.2 Å². The van der Waals surface area contributed by atoms with Crippen LogP contribution in [0.2, 0.25) is 0 Å². The van der Waals surface area contributed by atoms with Gasteiger partial charge in [-0.05, 0) is 55.1 Å². The SMILES string of the molecule is CN1C2C=C(c3cccc(OCc4ccccc4)c3)CC1CC2. The number of rotatable bonds is 4. The quantitative estimate of drug-likeness (QED) is 0.823. The van der Waals surface area contributed by atoms with E-state index < -0.39 is 0 Å². The summed E-state index contributed by atoms with van der Waals surface area (Å²) in [4.78, 5) is 2.53. The summed E-state index contributed by atoms with van der Waals surface area (Å²) < 4.78 is 5.98. The maximum absolute atomic E-state index is 5.98. The summed E-state index contributed by atoms with van der Waals surface area (Å²) in [6.45, 7) is 0.622. The summed E-state index contributed by atoms with van der Waals surface area (Å²) in [7, 11) is 2.26. The fraction of sp³-hybridized carbons (Fsp3) is 0.333. The molecule has 2 aromatic carbocycles. The molecule has 0 N–H and O–H groups in total. The molecule has 0 saturated carbocycles. The number of nitrogens with zero attached hydrogens (tertiary/aromatic N) is 1. The van der Waals surface area contributed by atoms with Crippen molar-refractivity contribution in [3.05, 3.63) is 71.8 Å². The minimum atomic E-state index is 0.622. The molecule has 2 nitrogen and oxygen atoms in total. The Hall–Kier alpha value is -2.06. The molecule has 0 radical (unpaired) electrons. The minimum Gasteiger partial charge on any atom is -0.489 e. The van der Waals surface area contributed by atoms with Gasteiger partial charge in [0.25, 0.3) is 0 Å². The summed E-state index contributed by atoms with van der Waals surface area (Å²) in [5.74, 6) is 0.957. The molecule has 0 amide bonds. The Morgan fingerprint density at radius 3 is 2.74 bits per heavy atom. The van der Waals surface area contributed by atoms with Gasteiger partial charge in [0.05, 0.1) is 0 Å². The first kappa shape index (κ1) is 14.5. The lowest BCUT2D eigenvalue weighted by atomic mass is 9.95. The van der Waals surface area contributed by atoms with Crippen LogP contribution in [0.15, 0.2) is 60.7 Å². The Balaban J connectivity index is 1.50. The van der Waals surface area contributed by atoms with Crippen molar-refractivity contribution in [2.75, 3.05) is 7.05 Å². The molecule has 4 rings (SSSR count). The maximum atomic E-state index is 5.98. The summed E-state index contributed by atoms with van der Waals surface area (Å²) in [6, 6.07) is 20.2. The Morgan fingerprint density at radius 2 is 1.91 bits per heavy atom. The number of benzene rings is 2. The third-order valence-electron chi connectivity index (χ3n) is 5.20. The van der Waals surface area contributed by atoms with Crippen molar-refractivity contribution in [1.82, 2.24) is 4.90 Å². The topological polar surface area (TPSA) is 12.5 Å². The largest absolute Gasteiger partial charge is 0.489 e. The molecule has 2 heterocycles. The number of hydrogen-bond donors (Lipinski definition) is 0. The number of likely N-dealkylation sites (N-methyl/N-ethyl adjacent to an activating group) is 1. The van der Waals surface area contributed by atoms with Gasteiger partial charge in [-0.2, -0.15) is 0 Å². The summed E-state index contributed by atoms with van der Waals surface area (Å²) in [5.41, 5.74) is 4.01. The Kier molecular flexibility index (Phi) is 3.92. The van der Waals surface area contributed by atoms with E-state index in [-0.39, 0.29) is 0 Å². The summed E-state index contributed by atoms with van der Waals surface area (Å²) in [5, 5.41) is 0. The molecule has 2 heteroatoms. The van der Waals surface area contributed by atoms with Crippen molar-refractivity contribution >= 4 is 5.57 Å². The second kappa shape index (κ2) is 6.21. The molecule has 1 saturated heterocycles. The van der Waals surface area contributed by atoms with Crippen LogP contribution in [0.25, 0.3) is 5.57 Å². The molecule has 1 fully saturated rings. The van der Waals surface area contributed by atoms with Crippen molar-refractivity contribution in [3.8, 4) is 5.75 Å². The van der Waals surface area contributed by atoms with Gasteiger partial charge in [0.1, 0.15) is 12.4 Å². The van der Waals surface area contributed by atoms with Gasteiger partial charge in [0.2, 0.25) is 0 Å². The van der Waals surface area contributed by atoms with E-state index in [2.05, 4.69) is 54.4 Å². The maximum Gasteiger partial charge on any atom is 0.120 e. The molecule has 0 aliphatic carbocycles. The molecule has 2 bridgehead atoms. The van der Waals surface area contributed by atoms with E-state index in [0.717, 1.165) is 12.2 Å². The fourth-order valence-electron chi connectivity index (χ4n) is 3.78. The van der Waals surface area contributed by atoms with Gasteiger partial charge in [-0.3, -0.25) is 4.90 Å². The van der Waals surface area contributed by atoms with Crippen LogP contribution in [0.4, 0.5) is 0 Å². The first-order valence-corrected chi connectivity index (χ1v) is 8.49. The van der Waals surface area contributed by atoms with Gasteiger partial charge in [-0.25, -0.2) is 0 Å². The molecular weight excluding hydrogens is 282 g/mol. The molecule has 2 aliphatic rings. The van der Waals surface area contributed by atoms with E-state index in [0.29, 0.717) is 18.7 Å². The lowest BCUT2D eigenvalue weighted by Gasteiger charge is -2.30. The Bertz CT molecular complexity index is 707. The zero-order chi connectivity index (χ0) is 15.6. The van der Waals surface area contributed by atoms with Crippen molar-refractivity contribution in [3.63, 3.8) is 0 Å². The van der Waals surface area contributed by atoms with E-state index in [1.54, 1.807) is 0 Å². The average Bonchev–Trinajstić information content (AvgIpc) is 2.82. The molecule has 23 heavy (non-hydrogen) atoms. The molecule has 2 unspecified atom stereocenters. The van der Waals surface area contributed by atoms with Crippen molar-refractivity contribution in [1.29, 1.82) is 0 Å². The van der Waals surface area contributed by atoms with E-state index in [1.165, 1.54) is 29.5 Å². The monoisotopic (exact) mass is 305 g/mol. The van der Waals surface area contributed by atoms with Crippen LogP contribution in [-0.4, -0.2) is 24.0 Å². The highest BCUT2D eigenvalue weighted by molar-refractivity contribution is 5.69. The van der Waals surface area contributed by atoms with Gasteiger partial charge in [-0.1, -0.05) is 48.5 Å². The highest BCUT2D eigenvalue weighted by Crippen LogP contribution is 2.37. The Morgan fingerprint density at radius 1 is 1.04 bits per heavy atom. The smallest absolute Gasteiger partial charge is 0.120 e. The van der Waals surface area contributed by atoms with Crippen LogP contribution in [0.5, 0.6) is 5.75 Å². The van der Waals surface area contributed by atoms with Crippen molar-refractivity contribution < 1.29 is 4.74 Å². The summed E-state index contributed by atoms with van der Waals surface area (Å²) >= 11 is 0. The predicted octanol–water partition coefficient (Wildman–Crippen LogP) is 4.52. The first-order chi connectivity index (χ1) is 11.3. The van der Waals surface area contributed by atoms with Gasteiger partial charge in [-0.15, -0.1) is 0 Å². The van der Waals surface area contributed by atoms with Crippen LogP contribution in [-0.2, 0) is 6.61 Å². The van der Waals surface area contributed by atoms with Gasteiger partial charge >= 0.3 is 0 Å². The second-order valence-corrected chi connectivity index (χ2v) is 6.66. The summed E-state index contributed by atoms with van der Waals surface area (Å²) in [6.07, 6.45) is 6.25. The minimum absolute atomic E-state index is 0.622. The number of hydrogen-bond acceptors (Lipinski definition) is 2. The van der Waals surface area contributed by atoms with Crippen molar-refractivity contribution in [2.24, 2.45) is 0 Å². The van der Waals surface area contributed by atoms with Gasteiger partial charge in [0.15, 0.2) is 0 Å². The number of ether oxygens (including phenoxy) is 1. The third-order valence-corrected chi connectivity index (χ3v) is 5.20. The van der Waals surface area contributed by atoms with Crippen molar-refractivity contribution in [2.45, 2.75) is 38.0 Å². The fourth-order valence-corrected chi connectivity index (χ4v) is 3.78. The van der Waals surface area contributed by atoms with Gasteiger partial charge in [0, 0.05) is 12.1 Å². The highest BCUT2D eigenvalue weighted by Gasteiger charge is 2.33. The normalized spacial score (nSPS) is 23.6. The molecule has 0 spiro atoms. The molecule has 2 aliphatic heterocycles. The predicted molar refractivity (Wildman–Crippen MR) is 94.4 cm³/mol. The van der Waals surface area contributed by atoms with Gasteiger partial charge < -0.3 is 4.74 Å². The first-order valence-electron chi connectivity index (χ1n) is 8.49. The zero-order valence-electron chi connectivity index (χ0n) is 13.6. The molecule has 2 atom stereocenters. The molecule has 118 valence electrons.